The Balaban J connectivity index is 2.45. The maximum atomic E-state index is 12.9. The molecule has 0 radical (unpaired) electrons. The van der Waals surface area contributed by atoms with Crippen LogP contribution in [0.3, 0.4) is 0 Å². The van der Waals surface area contributed by atoms with Crippen molar-refractivity contribution in [3.05, 3.63) is 41.4 Å². The van der Waals surface area contributed by atoms with Crippen LogP contribution >= 0.6 is 0 Å². The summed E-state index contributed by atoms with van der Waals surface area (Å²) in [4.78, 5) is 11.8. The summed E-state index contributed by atoms with van der Waals surface area (Å²) >= 11 is 0. The van der Waals surface area contributed by atoms with Gasteiger partial charge in [-0.3, -0.25) is 0 Å². The third kappa shape index (κ3) is 2.25. The lowest BCUT2D eigenvalue weighted by Gasteiger charge is -2.02. The molecule has 94 valence electrons. The molecule has 18 heavy (non-hydrogen) atoms. The molecule has 0 atom stereocenters. The van der Waals surface area contributed by atoms with Gasteiger partial charge in [0.15, 0.2) is 0 Å². The number of hydrogen-bond acceptors (Lipinski definition) is 4. The number of esters is 1. The highest BCUT2D eigenvalue weighted by Crippen LogP contribution is 2.26. The number of rotatable bonds is 3. The highest BCUT2D eigenvalue weighted by molar-refractivity contribution is 5.97. The first kappa shape index (κ1) is 12.3. The molecule has 2 rings (SSSR count). The second kappa shape index (κ2) is 5.00. The summed E-state index contributed by atoms with van der Waals surface area (Å²) in [7, 11) is 0. The predicted molar refractivity (Wildman–Crippen MR) is 62.6 cm³/mol. The Morgan fingerprint density at radius 1 is 1.39 bits per heavy atom. The molecule has 1 heterocycles. The molecule has 0 bridgehead atoms. The van der Waals surface area contributed by atoms with E-state index in [0.29, 0.717) is 17.0 Å². The van der Waals surface area contributed by atoms with Gasteiger partial charge in [-0.15, -0.1) is 0 Å². The summed E-state index contributed by atoms with van der Waals surface area (Å²) in [5.41, 5.74) is 1.26. The van der Waals surface area contributed by atoms with Gasteiger partial charge in [-0.05, 0) is 38.1 Å². The van der Waals surface area contributed by atoms with Gasteiger partial charge in [0.2, 0.25) is 0 Å². The van der Waals surface area contributed by atoms with E-state index in [-0.39, 0.29) is 18.0 Å². The first-order valence-corrected chi connectivity index (χ1v) is 5.52. The molecule has 0 saturated heterocycles. The van der Waals surface area contributed by atoms with E-state index in [1.165, 1.54) is 24.3 Å². The van der Waals surface area contributed by atoms with Crippen LogP contribution in [0.5, 0.6) is 0 Å². The summed E-state index contributed by atoms with van der Waals surface area (Å²) < 4.78 is 22.8. The molecule has 0 fully saturated rings. The minimum absolute atomic E-state index is 0.270. The van der Waals surface area contributed by atoms with Crippen LogP contribution < -0.4 is 0 Å². The predicted octanol–water partition coefficient (Wildman–Crippen LogP) is 2.97. The largest absolute Gasteiger partial charge is 0.462 e. The van der Waals surface area contributed by atoms with Crippen molar-refractivity contribution in [1.82, 2.24) is 5.16 Å². The van der Waals surface area contributed by atoms with Gasteiger partial charge < -0.3 is 9.26 Å². The fourth-order valence-corrected chi connectivity index (χ4v) is 1.62. The van der Waals surface area contributed by atoms with Crippen molar-refractivity contribution in [3.8, 4) is 11.3 Å². The van der Waals surface area contributed by atoms with Crippen molar-refractivity contribution in [1.29, 1.82) is 0 Å². The molecular weight excluding hydrogens is 237 g/mol. The molecule has 1 aromatic carbocycles. The number of benzene rings is 1. The van der Waals surface area contributed by atoms with Gasteiger partial charge in [-0.2, -0.15) is 0 Å². The van der Waals surface area contributed by atoms with Crippen LogP contribution in [0.1, 0.15) is 23.0 Å². The van der Waals surface area contributed by atoms with Crippen molar-refractivity contribution >= 4 is 5.97 Å². The normalized spacial score (nSPS) is 10.4. The molecule has 4 nitrogen and oxygen atoms in total. The van der Waals surface area contributed by atoms with E-state index in [0.717, 1.165) is 0 Å². The Bertz CT molecular complexity index is 560. The molecule has 0 spiro atoms. The van der Waals surface area contributed by atoms with Gasteiger partial charge in [0.1, 0.15) is 22.8 Å². The Kier molecular flexibility index (Phi) is 3.41. The Labute approximate surface area is 103 Å². The van der Waals surface area contributed by atoms with Crippen LogP contribution in [0.15, 0.2) is 28.8 Å². The highest BCUT2D eigenvalue weighted by atomic mass is 19.1. The van der Waals surface area contributed by atoms with E-state index in [2.05, 4.69) is 5.16 Å². The van der Waals surface area contributed by atoms with Crippen LogP contribution in [-0.4, -0.2) is 17.7 Å². The smallest absolute Gasteiger partial charge is 0.344 e. The molecule has 0 aliphatic rings. The maximum Gasteiger partial charge on any atom is 0.344 e. The molecule has 2 aromatic rings. The number of nitrogens with zero attached hydrogens (tertiary/aromatic N) is 1. The number of carbonyl (C=O) groups is 1. The minimum atomic E-state index is -0.490. The lowest BCUT2D eigenvalue weighted by atomic mass is 10.1. The monoisotopic (exact) mass is 249 g/mol. The first-order valence-electron chi connectivity index (χ1n) is 5.52. The van der Waals surface area contributed by atoms with E-state index < -0.39 is 5.97 Å². The van der Waals surface area contributed by atoms with E-state index in [4.69, 9.17) is 9.26 Å². The second-order valence-electron chi connectivity index (χ2n) is 3.69. The van der Waals surface area contributed by atoms with Crippen molar-refractivity contribution in [3.63, 3.8) is 0 Å². The van der Waals surface area contributed by atoms with E-state index in [1.807, 2.05) is 0 Å². The van der Waals surface area contributed by atoms with Crippen LogP contribution in [-0.2, 0) is 4.74 Å². The zero-order valence-electron chi connectivity index (χ0n) is 10.1. The van der Waals surface area contributed by atoms with Crippen LogP contribution in [0, 0.1) is 12.7 Å². The maximum absolute atomic E-state index is 12.9. The lowest BCUT2D eigenvalue weighted by molar-refractivity contribution is 0.0525. The third-order valence-electron chi connectivity index (χ3n) is 2.46. The zero-order valence-corrected chi connectivity index (χ0v) is 10.1. The van der Waals surface area contributed by atoms with Crippen molar-refractivity contribution in [2.45, 2.75) is 13.8 Å². The molecule has 0 aliphatic heterocycles. The number of ether oxygens (including phenoxy) is 1. The van der Waals surface area contributed by atoms with Gasteiger partial charge >= 0.3 is 5.97 Å². The van der Waals surface area contributed by atoms with Gasteiger partial charge in [-0.1, -0.05) is 5.16 Å². The van der Waals surface area contributed by atoms with E-state index in [9.17, 15) is 9.18 Å². The van der Waals surface area contributed by atoms with Gasteiger partial charge in [0, 0.05) is 5.56 Å². The average Bonchev–Trinajstić information content (AvgIpc) is 2.72. The number of hydrogen-bond donors (Lipinski definition) is 0. The summed E-state index contributed by atoms with van der Waals surface area (Å²) in [6, 6.07) is 5.67. The van der Waals surface area contributed by atoms with Crippen molar-refractivity contribution in [2.75, 3.05) is 6.61 Å². The zero-order chi connectivity index (χ0) is 13.1. The average molecular weight is 249 g/mol. The Morgan fingerprint density at radius 2 is 2.06 bits per heavy atom. The summed E-state index contributed by atoms with van der Waals surface area (Å²) in [6.45, 7) is 3.62. The van der Waals surface area contributed by atoms with Gasteiger partial charge in [0.05, 0.1) is 6.61 Å². The highest BCUT2D eigenvalue weighted by Gasteiger charge is 2.22. The molecule has 0 unspecified atom stereocenters. The standard InChI is InChI=1S/C13H12FNO3/c1-3-17-13(16)11-8(2)18-15-12(11)9-4-6-10(14)7-5-9/h4-7H,3H2,1-2H3. The number of carbonyl (C=O) groups excluding carboxylic acids is 1. The number of aryl methyl sites for hydroxylation is 1. The number of aromatic nitrogens is 1. The molecule has 0 amide bonds. The fourth-order valence-electron chi connectivity index (χ4n) is 1.62. The molecule has 0 aliphatic carbocycles. The SMILES string of the molecule is CCOC(=O)c1c(-c2ccc(F)cc2)noc1C. The summed E-state index contributed by atoms with van der Waals surface area (Å²) in [5.74, 6) is -0.458. The molecular formula is C13H12FNO3. The van der Waals surface area contributed by atoms with Crippen LogP contribution in [0.25, 0.3) is 11.3 Å². The van der Waals surface area contributed by atoms with Gasteiger partial charge in [-0.25, -0.2) is 9.18 Å². The third-order valence-corrected chi connectivity index (χ3v) is 2.46. The summed E-state index contributed by atoms with van der Waals surface area (Å²) in [5, 5.41) is 3.82. The van der Waals surface area contributed by atoms with Crippen molar-refractivity contribution < 1.29 is 18.4 Å². The van der Waals surface area contributed by atoms with Gasteiger partial charge in [0.25, 0.3) is 0 Å². The van der Waals surface area contributed by atoms with Crippen LogP contribution in [0.4, 0.5) is 4.39 Å². The van der Waals surface area contributed by atoms with Crippen LogP contribution in [0.2, 0.25) is 0 Å². The minimum Gasteiger partial charge on any atom is -0.462 e. The Hall–Kier alpha value is -2.17. The summed E-state index contributed by atoms with van der Waals surface area (Å²) in [6.07, 6.45) is 0. The molecule has 1 aromatic heterocycles. The number of halogens is 1. The Morgan fingerprint density at radius 3 is 2.67 bits per heavy atom. The van der Waals surface area contributed by atoms with Crippen molar-refractivity contribution in [2.24, 2.45) is 0 Å². The lowest BCUT2D eigenvalue weighted by Crippen LogP contribution is -2.06. The molecule has 5 heteroatoms. The first-order chi connectivity index (χ1) is 8.63. The fraction of sp³-hybridized carbons (Fsp3) is 0.231. The van der Waals surface area contributed by atoms with E-state index in [1.54, 1.807) is 13.8 Å². The second-order valence-corrected chi connectivity index (χ2v) is 3.69. The molecule has 0 N–H and O–H groups in total. The van der Waals surface area contributed by atoms with E-state index >= 15 is 0 Å². The topological polar surface area (TPSA) is 52.3 Å². The molecule has 0 saturated carbocycles. The quantitative estimate of drug-likeness (QED) is 0.785.